The standard InChI is InChI=1S/C13H18BrFN2/c1-8(2)17(7-9-3-4-9)13-5-10(14)11(15)6-12(13)16/h5-6,8-9H,3-4,7,16H2,1-2H3. The number of nitrogens with two attached hydrogens (primary N) is 1. The Morgan fingerprint density at radius 1 is 1.47 bits per heavy atom. The zero-order valence-corrected chi connectivity index (χ0v) is 11.8. The van der Waals surface area contributed by atoms with Crippen molar-refractivity contribution in [1.82, 2.24) is 0 Å². The van der Waals surface area contributed by atoms with Crippen LogP contribution in [-0.4, -0.2) is 12.6 Å². The summed E-state index contributed by atoms with van der Waals surface area (Å²) in [6, 6.07) is 3.55. The molecule has 17 heavy (non-hydrogen) atoms. The summed E-state index contributed by atoms with van der Waals surface area (Å²) < 4.78 is 13.8. The molecule has 2 rings (SSSR count). The Hall–Kier alpha value is -0.770. The predicted molar refractivity (Wildman–Crippen MR) is 73.7 cm³/mol. The predicted octanol–water partition coefficient (Wildman–Crippen LogP) is 3.80. The molecule has 1 aliphatic rings. The molecular weight excluding hydrogens is 283 g/mol. The minimum Gasteiger partial charge on any atom is -0.397 e. The second-order valence-electron chi connectivity index (χ2n) is 5.01. The molecule has 0 aromatic heterocycles. The summed E-state index contributed by atoms with van der Waals surface area (Å²) in [5.41, 5.74) is 7.37. The Morgan fingerprint density at radius 3 is 2.65 bits per heavy atom. The molecule has 0 amide bonds. The smallest absolute Gasteiger partial charge is 0.139 e. The summed E-state index contributed by atoms with van der Waals surface area (Å²) in [6.07, 6.45) is 2.59. The van der Waals surface area contributed by atoms with Gasteiger partial charge in [0.15, 0.2) is 0 Å². The first-order valence-corrected chi connectivity index (χ1v) is 6.79. The Balaban J connectivity index is 2.30. The van der Waals surface area contributed by atoms with E-state index in [1.165, 1.54) is 18.9 Å². The van der Waals surface area contributed by atoms with Crippen molar-refractivity contribution in [3.05, 3.63) is 22.4 Å². The van der Waals surface area contributed by atoms with Gasteiger partial charge in [-0.25, -0.2) is 4.39 Å². The van der Waals surface area contributed by atoms with Gasteiger partial charge in [-0.2, -0.15) is 0 Å². The highest BCUT2D eigenvalue weighted by atomic mass is 79.9. The van der Waals surface area contributed by atoms with E-state index in [2.05, 4.69) is 34.7 Å². The van der Waals surface area contributed by atoms with Gasteiger partial charge in [0.25, 0.3) is 0 Å². The Bertz CT molecular complexity index is 416. The first-order valence-electron chi connectivity index (χ1n) is 6.00. The van der Waals surface area contributed by atoms with E-state index in [9.17, 15) is 4.39 Å². The van der Waals surface area contributed by atoms with Gasteiger partial charge in [-0.1, -0.05) is 0 Å². The topological polar surface area (TPSA) is 29.3 Å². The summed E-state index contributed by atoms with van der Waals surface area (Å²) in [4.78, 5) is 2.26. The molecule has 0 unspecified atom stereocenters. The number of hydrogen-bond acceptors (Lipinski definition) is 2. The Labute approximate surface area is 110 Å². The van der Waals surface area contributed by atoms with Crippen LogP contribution in [0.5, 0.6) is 0 Å². The van der Waals surface area contributed by atoms with E-state index in [4.69, 9.17) is 5.73 Å². The van der Waals surface area contributed by atoms with Crippen molar-refractivity contribution in [2.45, 2.75) is 32.7 Å². The maximum Gasteiger partial charge on any atom is 0.139 e. The van der Waals surface area contributed by atoms with E-state index in [-0.39, 0.29) is 5.82 Å². The van der Waals surface area contributed by atoms with E-state index in [0.29, 0.717) is 16.2 Å². The monoisotopic (exact) mass is 300 g/mol. The fourth-order valence-corrected chi connectivity index (χ4v) is 2.30. The van der Waals surface area contributed by atoms with Crippen LogP contribution in [0.3, 0.4) is 0 Å². The molecule has 1 aromatic carbocycles. The van der Waals surface area contributed by atoms with Crippen molar-refractivity contribution in [3.8, 4) is 0 Å². The van der Waals surface area contributed by atoms with Crippen LogP contribution < -0.4 is 10.6 Å². The number of halogens is 2. The fraction of sp³-hybridized carbons (Fsp3) is 0.538. The lowest BCUT2D eigenvalue weighted by Gasteiger charge is -2.30. The molecule has 4 heteroatoms. The summed E-state index contributed by atoms with van der Waals surface area (Å²) in [7, 11) is 0. The zero-order valence-electron chi connectivity index (χ0n) is 10.2. The molecule has 0 spiro atoms. The third-order valence-electron chi connectivity index (χ3n) is 3.15. The molecule has 0 radical (unpaired) electrons. The van der Waals surface area contributed by atoms with E-state index >= 15 is 0 Å². The number of hydrogen-bond donors (Lipinski definition) is 1. The average molecular weight is 301 g/mol. The highest BCUT2D eigenvalue weighted by Gasteiger charge is 2.26. The van der Waals surface area contributed by atoms with Crippen molar-refractivity contribution in [2.24, 2.45) is 5.92 Å². The van der Waals surface area contributed by atoms with Crippen LogP contribution in [0.4, 0.5) is 15.8 Å². The highest BCUT2D eigenvalue weighted by Crippen LogP contribution is 2.36. The van der Waals surface area contributed by atoms with Gasteiger partial charge in [-0.15, -0.1) is 0 Å². The van der Waals surface area contributed by atoms with Crippen LogP contribution in [0.2, 0.25) is 0 Å². The maximum absolute atomic E-state index is 13.4. The van der Waals surface area contributed by atoms with Crippen LogP contribution in [0.25, 0.3) is 0 Å². The van der Waals surface area contributed by atoms with Gasteiger partial charge in [0.1, 0.15) is 5.82 Å². The van der Waals surface area contributed by atoms with Crippen LogP contribution in [0.15, 0.2) is 16.6 Å². The number of anilines is 2. The molecule has 0 aliphatic heterocycles. The SMILES string of the molecule is CC(C)N(CC1CC1)c1cc(Br)c(F)cc1N. The molecule has 1 fully saturated rings. The van der Waals surface area contributed by atoms with Gasteiger partial charge in [-0.3, -0.25) is 0 Å². The van der Waals surface area contributed by atoms with Crippen LogP contribution in [-0.2, 0) is 0 Å². The molecule has 2 nitrogen and oxygen atoms in total. The second-order valence-corrected chi connectivity index (χ2v) is 5.87. The Kier molecular flexibility index (Phi) is 3.61. The van der Waals surface area contributed by atoms with E-state index in [0.717, 1.165) is 18.2 Å². The molecule has 0 heterocycles. The van der Waals surface area contributed by atoms with Gasteiger partial charge < -0.3 is 10.6 Å². The molecule has 2 N–H and O–H groups in total. The number of nitrogen functional groups attached to an aromatic ring is 1. The summed E-state index contributed by atoms with van der Waals surface area (Å²) in [5.74, 6) is 0.474. The van der Waals surface area contributed by atoms with Crippen LogP contribution in [0, 0.1) is 11.7 Å². The molecule has 94 valence electrons. The number of rotatable bonds is 4. The van der Waals surface area contributed by atoms with E-state index in [1.807, 2.05) is 0 Å². The summed E-state index contributed by atoms with van der Waals surface area (Å²) in [6.45, 7) is 5.29. The Morgan fingerprint density at radius 2 is 2.12 bits per heavy atom. The van der Waals surface area contributed by atoms with Crippen molar-refractivity contribution in [1.29, 1.82) is 0 Å². The summed E-state index contributed by atoms with van der Waals surface area (Å²) >= 11 is 3.22. The molecule has 1 aliphatic carbocycles. The highest BCUT2D eigenvalue weighted by molar-refractivity contribution is 9.10. The van der Waals surface area contributed by atoms with Crippen molar-refractivity contribution >= 4 is 27.3 Å². The first kappa shape index (κ1) is 12.7. The lowest BCUT2D eigenvalue weighted by Crippen LogP contribution is -2.33. The molecule has 0 saturated heterocycles. The fourth-order valence-electron chi connectivity index (χ4n) is 1.97. The minimum atomic E-state index is -0.304. The minimum absolute atomic E-state index is 0.304. The van der Waals surface area contributed by atoms with E-state index < -0.39 is 0 Å². The zero-order chi connectivity index (χ0) is 12.6. The average Bonchev–Trinajstić information content (AvgIpc) is 3.04. The molecule has 1 saturated carbocycles. The third-order valence-corrected chi connectivity index (χ3v) is 3.76. The normalized spacial score (nSPS) is 15.4. The second kappa shape index (κ2) is 4.84. The lowest BCUT2D eigenvalue weighted by molar-refractivity contribution is 0.617. The van der Waals surface area contributed by atoms with Gasteiger partial charge >= 0.3 is 0 Å². The van der Waals surface area contributed by atoms with Gasteiger partial charge in [0, 0.05) is 18.7 Å². The van der Waals surface area contributed by atoms with E-state index in [1.54, 1.807) is 6.07 Å². The largest absolute Gasteiger partial charge is 0.397 e. The van der Waals surface area contributed by atoms with Crippen molar-refractivity contribution in [2.75, 3.05) is 17.2 Å². The quantitative estimate of drug-likeness (QED) is 0.857. The number of benzene rings is 1. The summed E-state index contributed by atoms with van der Waals surface area (Å²) in [5, 5.41) is 0. The molecular formula is C13H18BrFN2. The molecule has 0 atom stereocenters. The maximum atomic E-state index is 13.4. The first-order chi connectivity index (χ1) is 7.99. The number of nitrogens with zero attached hydrogens (tertiary/aromatic N) is 1. The lowest BCUT2D eigenvalue weighted by atomic mass is 10.2. The third kappa shape index (κ3) is 2.92. The van der Waals surface area contributed by atoms with Crippen molar-refractivity contribution < 1.29 is 4.39 Å². The van der Waals surface area contributed by atoms with Gasteiger partial charge in [0.2, 0.25) is 0 Å². The molecule has 1 aromatic rings. The van der Waals surface area contributed by atoms with Crippen LogP contribution >= 0.6 is 15.9 Å². The van der Waals surface area contributed by atoms with Crippen molar-refractivity contribution in [3.63, 3.8) is 0 Å². The molecule has 0 bridgehead atoms. The van der Waals surface area contributed by atoms with Crippen LogP contribution in [0.1, 0.15) is 26.7 Å². The van der Waals surface area contributed by atoms with Gasteiger partial charge in [0.05, 0.1) is 15.8 Å². The van der Waals surface area contributed by atoms with Gasteiger partial charge in [-0.05, 0) is 54.6 Å².